The molecule has 0 saturated heterocycles. The van der Waals surface area contributed by atoms with Gasteiger partial charge < -0.3 is 15.3 Å². The molecule has 2 rings (SSSR count). The molecule has 1 saturated carbocycles. The number of amides is 2. The Balaban J connectivity index is 2.11. The van der Waals surface area contributed by atoms with E-state index in [1.54, 1.807) is 12.1 Å². The molecule has 108 valence electrons. The Morgan fingerprint density at radius 1 is 1.45 bits per heavy atom. The van der Waals surface area contributed by atoms with Crippen molar-refractivity contribution in [3.8, 4) is 0 Å². The van der Waals surface area contributed by atoms with Crippen molar-refractivity contribution in [3.05, 3.63) is 30.3 Å². The van der Waals surface area contributed by atoms with Crippen LogP contribution in [-0.2, 0) is 9.59 Å². The normalized spacial score (nSPS) is 17.1. The molecule has 0 heterocycles. The van der Waals surface area contributed by atoms with Crippen LogP contribution in [0.1, 0.15) is 26.2 Å². The van der Waals surface area contributed by atoms with Gasteiger partial charge in [-0.3, -0.25) is 9.59 Å². The van der Waals surface area contributed by atoms with Crippen LogP contribution in [0.5, 0.6) is 0 Å². The number of hydrogen-bond donors (Lipinski definition) is 2. The Hall–Kier alpha value is -1.88. The lowest BCUT2D eigenvalue weighted by Gasteiger charge is -2.30. The van der Waals surface area contributed by atoms with E-state index in [2.05, 4.69) is 5.32 Å². The molecule has 1 aliphatic carbocycles. The van der Waals surface area contributed by atoms with E-state index in [-0.39, 0.29) is 6.04 Å². The minimum absolute atomic E-state index is 0.191. The topological polar surface area (TPSA) is 69.6 Å². The second-order valence-electron chi connectivity index (χ2n) is 5.05. The lowest BCUT2D eigenvalue weighted by molar-refractivity contribution is -0.130. The highest BCUT2D eigenvalue weighted by molar-refractivity contribution is 5.85. The van der Waals surface area contributed by atoms with Gasteiger partial charge in [0, 0.05) is 11.7 Å². The molecule has 2 atom stereocenters. The molecule has 1 aromatic carbocycles. The summed E-state index contributed by atoms with van der Waals surface area (Å²) in [4.78, 5) is 24.7. The third-order valence-corrected chi connectivity index (χ3v) is 3.50. The number of carbonyl (C=O) groups excluding carboxylic acids is 2. The van der Waals surface area contributed by atoms with Crippen LogP contribution in [0.2, 0.25) is 0 Å². The van der Waals surface area contributed by atoms with Crippen molar-refractivity contribution in [1.29, 1.82) is 0 Å². The zero-order chi connectivity index (χ0) is 14.5. The Bertz CT molecular complexity index is 459. The maximum Gasteiger partial charge on any atom is 0.251 e. The quantitative estimate of drug-likeness (QED) is 0.732. The van der Waals surface area contributed by atoms with E-state index in [0.717, 1.165) is 12.8 Å². The van der Waals surface area contributed by atoms with Crippen molar-refractivity contribution in [1.82, 2.24) is 5.32 Å². The van der Waals surface area contributed by atoms with E-state index in [4.69, 9.17) is 0 Å². The Morgan fingerprint density at radius 3 is 2.60 bits per heavy atom. The number of nitrogens with one attached hydrogen (secondary N) is 1. The maximum atomic E-state index is 11.9. The molecule has 0 bridgehead atoms. The lowest BCUT2D eigenvalue weighted by Crippen LogP contribution is -2.50. The van der Waals surface area contributed by atoms with E-state index in [1.807, 2.05) is 25.1 Å². The minimum Gasteiger partial charge on any atom is -0.381 e. The fraction of sp³-hybridized carbons (Fsp3) is 0.467. The molecule has 2 amide bonds. The van der Waals surface area contributed by atoms with Crippen molar-refractivity contribution in [2.24, 2.45) is 0 Å². The van der Waals surface area contributed by atoms with E-state index >= 15 is 0 Å². The highest BCUT2D eigenvalue weighted by Gasteiger charge is 2.33. The second-order valence-corrected chi connectivity index (χ2v) is 5.05. The van der Waals surface area contributed by atoms with Gasteiger partial charge in [-0.2, -0.15) is 0 Å². The van der Waals surface area contributed by atoms with Gasteiger partial charge in [0.1, 0.15) is 0 Å². The van der Waals surface area contributed by atoms with Gasteiger partial charge in [-0.05, 0) is 31.4 Å². The maximum absolute atomic E-state index is 11.9. The SMILES string of the molecule is CCC(C(O)C(=O)NC1CC1)N(C=O)c1ccccc1. The number of aliphatic hydroxyl groups excluding tert-OH is 1. The van der Waals surface area contributed by atoms with E-state index < -0.39 is 18.1 Å². The van der Waals surface area contributed by atoms with Gasteiger partial charge in [-0.25, -0.2) is 0 Å². The first-order chi connectivity index (χ1) is 9.67. The summed E-state index contributed by atoms with van der Waals surface area (Å²) < 4.78 is 0. The minimum atomic E-state index is -1.22. The van der Waals surface area contributed by atoms with E-state index in [0.29, 0.717) is 18.5 Å². The summed E-state index contributed by atoms with van der Waals surface area (Å²) in [6.45, 7) is 1.84. The number of rotatable bonds is 7. The third-order valence-electron chi connectivity index (χ3n) is 3.50. The van der Waals surface area contributed by atoms with Crippen LogP contribution in [0.15, 0.2) is 30.3 Å². The summed E-state index contributed by atoms with van der Waals surface area (Å²) in [6.07, 6.45) is 1.87. The molecular weight excluding hydrogens is 256 g/mol. The third kappa shape index (κ3) is 3.36. The van der Waals surface area contributed by atoms with Crippen molar-refractivity contribution in [2.75, 3.05) is 4.90 Å². The van der Waals surface area contributed by atoms with Crippen LogP contribution >= 0.6 is 0 Å². The molecule has 20 heavy (non-hydrogen) atoms. The smallest absolute Gasteiger partial charge is 0.251 e. The lowest BCUT2D eigenvalue weighted by atomic mass is 10.1. The molecule has 5 nitrogen and oxygen atoms in total. The number of benzene rings is 1. The monoisotopic (exact) mass is 276 g/mol. The highest BCUT2D eigenvalue weighted by atomic mass is 16.3. The first kappa shape index (κ1) is 14.5. The average Bonchev–Trinajstić information content (AvgIpc) is 3.28. The van der Waals surface area contributed by atoms with Crippen molar-refractivity contribution < 1.29 is 14.7 Å². The second kappa shape index (κ2) is 6.52. The fourth-order valence-corrected chi connectivity index (χ4v) is 2.19. The molecule has 1 aromatic rings. The zero-order valence-electron chi connectivity index (χ0n) is 11.5. The summed E-state index contributed by atoms with van der Waals surface area (Å²) in [5, 5.41) is 13.0. The fourth-order valence-electron chi connectivity index (χ4n) is 2.19. The van der Waals surface area contributed by atoms with Gasteiger partial charge in [0.05, 0.1) is 6.04 Å². The Labute approximate surface area is 118 Å². The van der Waals surface area contributed by atoms with Gasteiger partial charge in [0.15, 0.2) is 6.10 Å². The van der Waals surface area contributed by atoms with Crippen LogP contribution in [0, 0.1) is 0 Å². The van der Waals surface area contributed by atoms with Gasteiger partial charge in [0.25, 0.3) is 5.91 Å². The first-order valence-electron chi connectivity index (χ1n) is 6.94. The van der Waals surface area contributed by atoms with Gasteiger partial charge in [-0.1, -0.05) is 25.1 Å². The molecule has 2 N–H and O–H groups in total. The van der Waals surface area contributed by atoms with Crippen LogP contribution < -0.4 is 10.2 Å². The van der Waals surface area contributed by atoms with Crippen molar-refractivity contribution >= 4 is 18.0 Å². The number of anilines is 1. The number of para-hydroxylation sites is 1. The molecule has 5 heteroatoms. The molecule has 0 spiro atoms. The summed E-state index contributed by atoms with van der Waals surface area (Å²) in [5.41, 5.74) is 0.674. The summed E-state index contributed by atoms with van der Waals surface area (Å²) in [7, 11) is 0. The Morgan fingerprint density at radius 2 is 2.10 bits per heavy atom. The first-order valence-corrected chi connectivity index (χ1v) is 6.94. The van der Waals surface area contributed by atoms with E-state index in [1.165, 1.54) is 4.90 Å². The molecule has 0 aliphatic heterocycles. The van der Waals surface area contributed by atoms with Crippen molar-refractivity contribution in [2.45, 2.75) is 44.4 Å². The van der Waals surface area contributed by atoms with Crippen LogP contribution in [-0.4, -0.2) is 35.6 Å². The summed E-state index contributed by atoms with van der Waals surface area (Å²) in [6, 6.07) is 8.67. The predicted octanol–water partition coefficient (Wildman–Crippen LogP) is 1.07. The van der Waals surface area contributed by atoms with Gasteiger partial charge in [-0.15, -0.1) is 0 Å². The largest absolute Gasteiger partial charge is 0.381 e. The highest BCUT2D eigenvalue weighted by Crippen LogP contribution is 2.21. The number of nitrogens with zero attached hydrogens (tertiary/aromatic N) is 1. The molecule has 0 radical (unpaired) electrons. The molecule has 1 fully saturated rings. The number of hydrogen-bond acceptors (Lipinski definition) is 3. The summed E-state index contributed by atoms with van der Waals surface area (Å²) in [5.74, 6) is -0.401. The molecule has 2 unspecified atom stereocenters. The molecule has 0 aromatic heterocycles. The standard InChI is InChI=1S/C15H20N2O3/c1-2-13(14(19)15(20)16-11-8-9-11)17(10-18)12-6-4-3-5-7-12/h3-7,10-11,13-14,19H,2,8-9H2,1H3,(H,16,20). The Kier molecular flexibility index (Phi) is 4.74. The van der Waals surface area contributed by atoms with Crippen LogP contribution in [0.3, 0.4) is 0 Å². The van der Waals surface area contributed by atoms with Gasteiger partial charge in [0.2, 0.25) is 6.41 Å². The van der Waals surface area contributed by atoms with Crippen LogP contribution in [0.25, 0.3) is 0 Å². The number of aliphatic hydroxyl groups is 1. The average molecular weight is 276 g/mol. The summed E-state index contributed by atoms with van der Waals surface area (Å²) >= 11 is 0. The predicted molar refractivity (Wildman–Crippen MR) is 76.2 cm³/mol. The van der Waals surface area contributed by atoms with E-state index in [9.17, 15) is 14.7 Å². The molecule has 1 aliphatic rings. The van der Waals surface area contributed by atoms with Crippen LogP contribution in [0.4, 0.5) is 5.69 Å². The number of carbonyl (C=O) groups is 2. The zero-order valence-corrected chi connectivity index (χ0v) is 11.5. The van der Waals surface area contributed by atoms with Crippen molar-refractivity contribution in [3.63, 3.8) is 0 Å². The van der Waals surface area contributed by atoms with Gasteiger partial charge >= 0.3 is 0 Å². The molecular formula is C15H20N2O3.